The van der Waals surface area contributed by atoms with Gasteiger partial charge in [-0.15, -0.1) is 0 Å². The zero-order chi connectivity index (χ0) is 14.6. The molecule has 8 heteroatoms. The van der Waals surface area contributed by atoms with Crippen molar-refractivity contribution in [3.05, 3.63) is 28.8 Å². The Morgan fingerprint density at radius 3 is 2.47 bits per heavy atom. The van der Waals surface area contributed by atoms with Crippen LogP contribution in [-0.4, -0.2) is 34.0 Å². The predicted molar refractivity (Wildman–Crippen MR) is 65.8 cm³/mol. The number of benzene rings is 1. The number of carboxylic acids is 1. The number of carboxylic acid groups (broad SMARTS) is 1. The molecule has 0 bridgehead atoms. The fourth-order valence-corrected chi connectivity index (χ4v) is 1.47. The lowest BCUT2D eigenvalue weighted by Crippen LogP contribution is -2.43. The number of phenols is 1. The third-order valence-electron chi connectivity index (χ3n) is 2.22. The zero-order valence-electron chi connectivity index (χ0n) is 9.59. The van der Waals surface area contributed by atoms with Crippen LogP contribution in [0.2, 0.25) is 5.02 Å². The molecule has 1 unspecified atom stereocenters. The molecule has 0 aliphatic rings. The van der Waals surface area contributed by atoms with E-state index in [9.17, 15) is 19.5 Å². The molecule has 1 rings (SSSR count). The van der Waals surface area contributed by atoms with Gasteiger partial charge in [-0.1, -0.05) is 11.6 Å². The number of primary amides is 1. The maximum Gasteiger partial charge on any atom is 0.326 e. The standard InChI is InChI=1S/C11H11ClN2O5/c12-6-3-5(1-2-8(6)15)10(17)14-7(11(18)19)4-9(13)16/h1-3,7,15H,4H2,(H2,13,16)(H,14,17)(H,18,19). The number of carbonyl (C=O) groups excluding carboxylic acids is 2. The zero-order valence-corrected chi connectivity index (χ0v) is 10.3. The SMILES string of the molecule is NC(=O)CC(NC(=O)c1ccc(O)c(Cl)c1)C(=O)O. The van der Waals surface area contributed by atoms with Crippen LogP contribution in [0.25, 0.3) is 0 Å². The third kappa shape index (κ3) is 4.14. The highest BCUT2D eigenvalue weighted by molar-refractivity contribution is 6.32. The van der Waals surface area contributed by atoms with Gasteiger partial charge in [0.2, 0.25) is 5.91 Å². The molecular formula is C11H11ClN2O5. The van der Waals surface area contributed by atoms with Crippen molar-refractivity contribution in [2.24, 2.45) is 5.73 Å². The Kier molecular flexibility index (Phi) is 4.71. The highest BCUT2D eigenvalue weighted by Gasteiger charge is 2.22. The highest BCUT2D eigenvalue weighted by Crippen LogP contribution is 2.23. The van der Waals surface area contributed by atoms with Crippen molar-refractivity contribution in [2.75, 3.05) is 0 Å². The lowest BCUT2D eigenvalue weighted by molar-refractivity contribution is -0.140. The van der Waals surface area contributed by atoms with Crippen LogP contribution in [0, 0.1) is 0 Å². The van der Waals surface area contributed by atoms with Gasteiger partial charge < -0.3 is 21.3 Å². The van der Waals surface area contributed by atoms with Crippen molar-refractivity contribution >= 4 is 29.4 Å². The molecule has 0 heterocycles. The number of rotatable bonds is 5. The van der Waals surface area contributed by atoms with E-state index < -0.39 is 30.2 Å². The maximum atomic E-state index is 11.7. The number of nitrogens with one attached hydrogen (secondary N) is 1. The van der Waals surface area contributed by atoms with Crippen LogP contribution in [0.15, 0.2) is 18.2 Å². The molecule has 0 aromatic heterocycles. The molecule has 0 saturated carbocycles. The van der Waals surface area contributed by atoms with Gasteiger partial charge in [0.25, 0.3) is 5.91 Å². The summed E-state index contributed by atoms with van der Waals surface area (Å²) in [7, 11) is 0. The molecule has 0 fully saturated rings. The van der Waals surface area contributed by atoms with Gasteiger partial charge in [0.1, 0.15) is 11.8 Å². The summed E-state index contributed by atoms with van der Waals surface area (Å²) in [5.74, 6) is -3.17. The van der Waals surface area contributed by atoms with Crippen molar-refractivity contribution in [3.63, 3.8) is 0 Å². The smallest absolute Gasteiger partial charge is 0.326 e. The van der Waals surface area contributed by atoms with Gasteiger partial charge in [0.15, 0.2) is 0 Å². The molecule has 19 heavy (non-hydrogen) atoms. The minimum Gasteiger partial charge on any atom is -0.506 e. The predicted octanol–water partition coefficient (Wildman–Crippen LogP) is 0.104. The average molecular weight is 287 g/mol. The van der Waals surface area contributed by atoms with Gasteiger partial charge in [0, 0.05) is 5.56 Å². The number of hydrogen-bond donors (Lipinski definition) is 4. The van der Waals surface area contributed by atoms with Gasteiger partial charge >= 0.3 is 5.97 Å². The van der Waals surface area contributed by atoms with Crippen molar-refractivity contribution in [3.8, 4) is 5.75 Å². The largest absolute Gasteiger partial charge is 0.506 e. The molecule has 102 valence electrons. The summed E-state index contributed by atoms with van der Waals surface area (Å²) in [4.78, 5) is 33.3. The van der Waals surface area contributed by atoms with Crippen LogP contribution >= 0.6 is 11.6 Å². The van der Waals surface area contributed by atoms with Crippen LogP contribution in [-0.2, 0) is 9.59 Å². The van der Waals surface area contributed by atoms with Crippen molar-refractivity contribution < 1.29 is 24.6 Å². The first kappa shape index (κ1) is 14.8. The summed E-state index contributed by atoms with van der Waals surface area (Å²) in [5.41, 5.74) is 4.94. The second kappa shape index (κ2) is 6.05. The van der Waals surface area contributed by atoms with Crippen LogP contribution in [0.4, 0.5) is 0 Å². The molecule has 5 N–H and O–H groups in total. The fraction of sp³-hybridized carbons (Fsp3) is 0.182. The molecule has 0 spiro atoms. The minimum atomic E-state index is -1.42. The van der Waals surface area contributed by atoms with E-state index in [1.165, 1.54) is 18.2 Å². The summed E-state index contributed by atoms with van der Waals surface area (Å²) in [6.07, 6.45) is -0.521. The summed E-state index contributed by atoms with van der Waals surface area (Å²) in [6.45, 7) is 0. The quantitative estimate of drug-likeness (QED) is 0.610. The van der Waals surface area contributed by atoms with E-state index in [0.717, 1.165) is 0 Å². The Hall–Kier alpha value is -2.28. The Balaban J connectivity index is 2.84. The van der Waals surface area contributed by atoms with E-state index >= 15 is 0 Å². The fourth-order valence-electron chi connectivity index (χ4n) is 1.29. The number of aliphatic carboxylic acids is 1. The Bertz CT molecular complexity index is 532. The molecule has 2 amide bonds. The van der Waals surface area contributed by atoms with E-state index in [1.807, 2.05) is 0 Å². The number of hydrogen-bond acceptors (Lipinski definition) is 4. The van der Waals surface area contributed by atoms with E-state index in [-0.39, 0.29) is 16.3 Å². The van der Waals surface area contributed by atoms with Gasteiger partial charge in [-0.05, 0) is 18.2 Å². The summed E-state index contributed by atoms with van der Waals surface area (Å²) < 4.78 is 0. The first-order chi connectivity index (χ1) is 8.81. The Morgan fingerprint density at radius 2 is 2.00 bits per heavy atom. The second-order valence-electron chi connectivity index (χ2n) is 3.70. The number of aromatic hydroxyl groups is 1. The third-order valence-corrected chi connectivity index (χ3v) is 2.52. The van der Waals surface area contributed by atoms with E-state index in [4.69, 9.17) is 22.4 Å². The highest BCUT2D eigenvalue weighted by atomic mass is 35.5. The second-order valence-corrected chi connectivity index (χ2v) is 4.11. The monoisotopic (exact) mass is 286 g/mol. The molecule has 0 aliphatic heterocycles. The van der Waals surface area contributed by atoms with E-state index in [2.05, 4.69) is 5.32 Å². The van der Waals surface area contributed by atoms with E-state index in [0.29, 0.717) is 0 Å². The molecular weight excluding hydrogens is 276 g/mol. The van der Waals surface area contributed by atoms with Crippen molar-refractivity contribution in [1.29, 1.82) is 0 Å². The normalized spacial score (nSPS) is 11.6. The van der Waals surface area contributed by atoms with Crippen LogP contribution in [0.1, 0.15) is 16.8 Å². The summed E-state index contributed by atoms with van der Waals surface area (Å²) in [5, 5.41) is 20.1. The molecule has 0 aliphatic carbocycles. The van der Waals surface area contributed by atoms with Crippen LogP contribution in [0.3, 0.4) is 0 Å². The van der Waals surface area contributed by atoms with Crippen molar-refractivity contribution in [1.82, 2.24) is 5.32 Å². The first-order valence-electron chi connectivity index (χ1n) is 5.11. The topological polar surface area (TPSA) is 130 Å². The van der Waals surface area contributed by atoms with Crippen LogP contribution in [0.5, 0.6) is 5.75 Å². The van der Waals surface area contributed by atoms with Gasteiger partial charge in [0.05, 0.1) is 11.4 Å². The van der Waals surface area contributed by atoms with E-state index in [1.54, 1.807) is 0 Å². The average Bonchev–Trinajstić information content (AvgIpc) is 2.31. The molecule has 7 nitrogen and oxygen atoms in total. The van der Waals surface area contributed by atoms with Gasteiger partial charge in [-0.25, -0.2) is 4.79 Å². The number of phenolic OH excluding ortho intramolecular Hbond substituents is 1. The van der Waals surface area contributed by atoms with Crippen LogP contribution < -0.4 is 11.1 Å². The Labute approximate surface area is 113 Å². The lowest BCUT2D eigenvalue weighted by atomic mass is 10.1. The number of nitrogens with two attached hydrogens (primary N) is 1. The number of amides is 2. The lowest BCUT2D eigenvalue weighted by Gasteiger charge is -2.13. The molecule has 1 aromatic rings. The summed E-state index contributed by atoms with van der Waals surface area (Å²) in [6, 6.07) is 2.22. The molecule has 1 atom stereocenters. The summed E-state index contributed by atoms with van der Waals surface area (Å²) >= 11 is 5.62. The maximum absolute atomic E-state index is 11.7. The molecule has 1 aromatic carbocycles. The molecule has 0 saturated heterocycles. The van der Waals surface area contributed by atoms with Gasteiger partial charge in [-0.3, -0.25) is 9.59 Å². The minimum absolute atomic E-state index is 0.0468. The molecule has 0 radical (unpaired) electrons. The first-order valence-corrected chi connectivity index (χ1v) is 5.49. The number of carbonyl (C=O) groups is 3. The number of halogens is 1. The Morgan fingerprint density at radius 1 is 1.37 bits per heavy atom. The van der Waals surface area contributed by atoms with Crippen molar-refractivity contribution in [2.45, 2.75) is 12.5 Å². The van der Waals surface area contributed by atoms with Gasteiger partial charge in [-0.2, -0.15) is 0 Å².